The van der Waals surface area contributed by atoms with E-state index in [9.17, 15) is 54.6 Å². The molecule has 1 aromatic heterocycles. The number of hydrogen-bond acceptors (Lipinski definition) is 13. The van der Waals surface area contributed by atoms with Crippen LogP contribution in [0.5, 0.6) is 0 Å². The highest BCUT2D eigenvalue weighted by atomic mass is 79.9. The number of hydrogen-bond donors (Lipinski definition) is 10. The summed E-state index contributed by atoms with van der Waals surface area (Å²) in [6.45, 7) is 0.618. The van der Waals surface area contributed by atoms with Gasteiger partial charge in [-0.05, 0) is 24.6 Å². The standard InChI is InChI=1S/C25H26BrN5O12/c1-24(42)22(40)31-9(5-27-18-11(31)19(37)30-23(41)29-18)10(25(24)7-3-2-6(26)4-8(7)28-21(25)39)20(38)43-17-15(35)13(33)12(32)14(34)16(17)36/h2-4,9-10,12-17,32-36,42H,5H2,1H3,(H,28,39)(H3,27,29,30,37,41)/t9-,10-,12?,13+,14+,15-,16+,17?,24-,25-/m1/s1. The van der Waals surface area contributed by atoms with Crippen LogP contribution in [0.25, 0.3) is 0 Å². The van der Waals surface area contributed by atoms with Crippen molar-refractivity contribution in [2.45, 2.75) is 60.6 Å². The monoisotopic (exact) mass is 667 g/mol. The van der Waals surface area contributed by atoms with Crippen molar-refractivity contribution in [3.05, 3.63) is 49.1 Å². The van der Waals surface area contributed by atoms with Crippen LogP contribution in [0.4, 0.5) is 17.2 Å². The summed E-state index contributed by atoms with van der Waals surface area (Å²) >= 11 is 3.28. The van der Waals surface area contributed by atoms with Crippen LogP contribution in [0, 0.1) is 5.92 Å². The lowest BCUT2D eigenvalue weighted by molar-refractivity contribution is -0.237. The third kappa shape index (κ3) is 3.81. The lowest BCUT2D eigenvalue weighted by Gasteiger charge is -2.56. The molecule has 0 radical (unpaired) electrons. The first-order chi connectivity index (χ1) is 20.1. The number of halogens is 1. The van der Waals surface area contributed by atoms with E-state index in [1.54, 1.807) is 0 Å². The predicted octanol–water partition coefficient (Wildman–Crippen LogP) is -4.05. The van der Waals surface area contributed by atoms with E-state index in [1.165, 1.54) is 18.2 Å². The molecule has 43 heavy (non-hydrogen) atoms. The van der Waals surface area contributed by atoms with E-state index >= 15 is 0 Å². The summed E-state index contributed by atoms with van der Waals surface area (Å²) in [4.78, 5) is 72.4. The van der Waals surface area contributed by atoms with Crippen molar-refractivity contribution in [3.8, 4) is 0 Å². The number of nitrogens with one attached hydrogen (secondary N) is 4. The van der Waals surface area contributed by atoms with Crippen LogP contribution in [0.3, 0.4) is 0 Å². The van der Waals surface area contributed by atoms with E-state index in [0.29, 0.717) is 4.47 Å². The van der Waals surface area contributed by atoms with Gasteiger partial charge < -0.3 is 46.0 Å². The van der Waals surface area contributed by atoms with Crippen LogP contribution in [0.1, 0.15) is 12.5 Å². The van der Waals surface area contributed by atoms with E-state index in [4.69, 9.17) is 4.74 Å². The van der Waals surface area contributed by atoms with Gasteiger partial charge in [0, 0.05) is 16.7 Å². The summed E-state index contributed by atoms with van der Waals surface area (Å²) in [6, 6.07) is 2.92. The van der Waals surface area contributed by atoms with Crippen LogP contribution in [-0.2, 0) is 24.5 Å². The second-order valence-corrected chi connectivity index (χ2v) is 12.0. The number of amides is 2. The maximum atomic E-state index is 14.3. The molecule has 1 saturated heterocycles. The molecular weight excluding hydrogens is 642 g/mol. The summed E-state index contributed by atoms with van der Waals surface area (Å²) in [6.07, 6.45) is -12.3. The fraction of sp³-hybridized carbons (Fsp3) is 0.480. The number of aromatic amines is 2. The number of rotatable bonds is 2. The Morgan fingerprint density at radius 1 is 1.00 bits per heavy atom. The van der Waals surface area contributed by atoms with E-state index in [0.717, 1.165) is 11.8 Å². The van der Waals surface area contributed by atoms with Crippen molar-refractivity contribution in [2.75, 3.05) is 22.1 Å². The minimum atomic E-state index is -2.77. The molecule has 230 valence electrons. The highest BCUT2D eigenvalue weighted by molar-refractivity contribution is 9.10. The lowest BCUT2D eigenvalue weighted by atomic mass is 9.55. The maximum absolute atomic E-state index is 14.3. The highest BCUT2D eigenvalue weighted by Gasteiger charge is 2.75. The zero-order valence-electron chi connectivity index (χ0n) is 22.0. The maximum Gasteiger partial charge on any atom is 0.327 e. The van der Waals surface area contributed by atoms with Crippen molar-refractivity contribution in [2.24, 2.45) is 5.92 Å². The zero-order chi connectivity index (χ0) is 31.3. The molecule has 17 nitrogen and oxygen atoms in total. The number of carbonyl (C=O) groups excluding carboxylic acids is 3. The second kappa shape index (κ2) is 9.68. The third-order valence-corrected chi connectivity index (χ3v) is 9.32. The minimum Gasteiger partial charge on any atom is -0.456 e. The number of H-pyrrole nitrogens is 2. The predicted molar refractivity (Wildman–Crippen MR) is 146 cm³/mol. The molecular formula is C25H26BrN5O12. The zero-order valence-corrected chi connectivity index (χ0v) is 23.6. The molecule has 6 rings (SSSR count). The summed E-state index contributed by atoms with van der Waals surface area (Å²) in [5, 5.41) is 68.9. The second-order valence-electron chi connectivity index (χ2n) is 11.1. The first kappa shape index (κ1) is 29.4. The normalized spacial score (nSPS) is 38.1. The number of anilines is 3. The van der Waals surface area contributed by atoms with E-state index in [-0.39, 0.29) is 23.6 Å². The Bertz CT molecular complexity index is 1660. The quantitative estimate of drug-likeness (QED) is 0.137. The van der Waals surface area contributed by atoms with Crippen LogP contribution in [-0.4, -0.2) is 113 Å². The summed E-state index contributed by atoms with van der Waals surface area (Å²) in [5.74, 6) is -5.61. The summed E-state index contributed by atoms with van der Waals surface area (Å²) in [5.41, 5.74) is -7.47. The minimum absolute atomic E-state index is 0.0158. The molecule has 1 aromatic carbocycles. The van der Waals surface area contributed by atoms with Crippen molar-refractivity contribution < 1.29 is 49.8 Å². The molecule has 10 atom stereocenters. The molecule has 3 aliphatic heterocycles. The average Bonchev–Trinajstić information content (AvgIpc) is 3.23. The Labute approximate surface area is 248 Å². The first-order valence-electron chi connectivity index (χ1n) is 13.0. The largest absolute Gasteiger partial charge is 0.456 e. The SMILES string of the molecule is C[C@@]1(O)C(=O)N2c3c([nH]c(=O)[nH]c3=O)NC[C@@H]2[C@H](C(=O)OC2[C@@H](O)[C@@H](O)C(O)[C@H](O)[C@H]2O)[C@]12C(=O)Nc1cc(Br)ccc12. The average molecular weight is 668 g/mol. The van der Waals surface area contributed by atoms with Crippen LogP contribution in [0.15, 0.2) is 32.3 Å². The fourth-order valence-electron chi connectivity index (χ4n) is 6.79. The number of aliphatic hydroxyl groups is 6. The number of aliphatic hydroxyl groups excluding tert-OH is 5. The number of esters is 1. The fourth-order valence-corrected chi connectivity index (χ4v) is 7.15. The number of ether oxygens (including phenoxy) is 1. The molecule has 2 amide bonds. The third-order valence-electron chi connectivity index (χ3n) is 8.82. The summed E-state index contributed by atoms with van der Waals surface area (Å²) in [7, 11) is 0. The van der Waals surface area contributed by atoms with Crippen molar-refractivity contribution in [3.63, 3.8) is 0 Å². The van der Waals surface area contributed by atoms with Gasteiger partial charge in [0.15, 0.2) is 17.4 Å². The Kier molecular flexibility index (Phi) is 6.62. The number of nitrogens with zero attached hydrogens (tertiary/aromatic N) is 1. The van der Waals surface area contributed by atoms with E-state index < -0.39 is 94.3 Å². The Morgan fingerprint density at radius 2 is 1.63 bits per heavy atom. The van der Waals surface area contributed by atoms with Gasteiger partial charge >= 0.3 is 11.7 Å². The van der Waals surface area contributed by atoms with Gasteiger partial charge in [0.2, 0.25) is 5.91 Å². The van der Waals surface area contributed by atoms with Crippen LogP contribution >= 0.6 is 15.9 Å². The van der Waals surface area contributed by atoms with Crippen LogP contribution < -0.4 is 26.8 Å². The van der Waals surface area contributed by atoms with E-state index in [2.05, 4.69) is 31.5 Å². The molecule has 1 spiro atoms. The first-order valence-corrected chi connectivity index (χ1v) is 13.8. The molecule has 0 bridgehead atoms. The molecule has 2 unspecified atom stereocenters. The van der Waals surface area contributed by atoms with E-state index in [1.807, 2.05) is 4.98 Å². The van der Waals surface area contributed by atoms with Crippen LogP contribution in [0.2, 0.25) is 0 Å². The van der Waals surface area contributed by atoms with Gasteiger partial charge in [-0.1, -0.05) is 22.0 Å². The van der Waals surface area contributed by atoms with Gasteiger partial charge in [-0.2, -0.15) is 0 Å². The Morgan fingerprint density at radius 3 is 2.28 bits per heavy atom. The number of aromatic nitrogens is 2. The molecule has 2 fully saturated rings. The number of fused-ring (bicyclic) bond motifs is 5. The van der Waals surface area contributed by atoms with Gasteiger partial charge in [-0.3, -0.25) is 34.0 Å². The van der Waals surface area contributed by atoms with Gasteiger partial charge in [-0.25, -0.2) is 4.79 Å². The topological polar surface area (TPSA) is 275 Å². The smallest absolute Gasteiger partial charge is 0.327 e. The van der Waals surface area contributed by atoms with Gasteiger partial charge in [0.1, 0.15) is 47.7 Å². The number of carbonyl (C=O) groups is 3. The number of piperidine rings is 1. The lowest BCUT2D eigenvalue weighted by Crippen LogP contribution is -2.78. The van der Waals surface area contributed by atoms with Gasteiger partial charge in [0.05, 0.1) is 6.04 Å². The van der Waals surface area contributed by atoms with Crippen molar-refractivity contribution in [1.82, 2.24) is 9.97 Å². The molecule has 4 aliphatic rings. The van der Waals surface area contributed by atoms with Gasteiger partial charge in [-0.15, -0.1) is 0 Å². The van der Waals surface area contributed by atoms with Crippen molar-refractivity contribution in [1.29, 1.82) is 0 Å². The molecule has 18 heteroatoms. The Hall–Kier alpha value is -3.65. The molecule has 1 aliphatic carbocycles. The Balaban J connectivity index is 1.56. The highest BCUT2D eigenvalue weighted by Crippen LogP contribution is 2.57. The summed E-state index contributed by atoms with van der Waals surface area (Å²) < 4.78 is 5.96. The number of benzene rings is 1. The van der Waals surface area contributed by atoms with Crippen molar-refractivity contribution >= 4 is 50.9 Å². The molecule has 10 N–H and O–H groups in total. The molecule has 2 aromatic rings. The van der Waals surface area contributed by atoms with Gasteiger partial charge in [0.25, 0.3) is 11.5 Å². The molecule has 1 saturated carbocycles. The molecule has 4 heterocycles.